The van der Waals surface area contributed by atoms with Gasteiger partial charge in [-0.1, -0.05) is 11.6 Å². The highest BCUT2D eigenvalue weighted by Gasteiger charge is 2.15. The van der Waals surface area contributed by atoms with E-state index in [0.717, 1.165) is 0 Å². The molecule has 0 aliphatic heterocycles. The van der Waals surface area contributed by atoms with E-state index in [-0.39, 0.29) is 5.69 Å². The minimum atomic E-state index is -0.445. The van der Waals surface area contributed by atoms with Crippen LogP contribution in [0.5, 0.6) is 0 Å². The van der Waals surface area contributed by atoms with Gasteiger partial charge in [0.25, 0.3) is 5.69 Å². The van der Waals surface area contributed by atoms with Gasteiger partial charge in [-0.15, -0.1) is 0 Å². The molecule has 0 amide bonds. The topological polar surface area (TPSA) is 70.2 Å². The van der Waals surface area contributed by atoms with Crippen LogP contribution < -0.4 is 0 Å². The Hall–Kier alpha value is -1.64. The number of nitro groups is 1. The Morgan fingerprint density at radius 2 is 2.29 bits per heavy atom. The van der Waals surface area contributed by atoms with Crippen LogP contribution in [-0.2, 0) is 6.54 Å². The molecule has 1 aromatic rings. The molecule has 0 atom stereocenters. The molecule has 90 valence electrons. The number of benzene rings is 1. The number of rotatable bonds is 5. The quantitative estimate of drug-likeness (QED) is 0.597. The number of nitro benzene ring substituents is 1. The van der Waals surface area contributed by atoms with Gasteiger partial charge in [-0.3, -0.25) is 10.1 Å². The zero-order valence-corrected chi connectivity index (χ0v) is 10.1. The lowest BCUT2D eigenvalue weighted by molar-refractivity contribution is -0.385. The zero-order valence-electron chi connectivity index (χ0n) is 9.39. The normalized spacial score (nSPS) is 10.2. The van der Waals surface area contributed by atoms with Crippen molar-refractivity contribution in [3.05, 3.63) is 38.9 Å². The Balaban J connectivity index is 2.83. The van der Waals surface area contributed by atoms with E-state index < -0.39 is 4.92 Å². The first-order valence-electron chi connectivity index (χ1n) is 5.03. The van der Waals surface area contributed by atoms with Crippen LogP contribution in [0.3, 0.4) is 0 Å². The molecular formula is C11H12ClN3O2. The summed E-state index contributed by atoms with van der Waals surface area (Å²) in [5.41, 5.74) is 0.612. The minimum absolute atomic E-state index is 0.0151. The van der Waals surface area contributed by atoms with Crippen molar-refractivity contribution in [1.82, 2.24) is 4.90 Å². The Bertz CT molecular complexity index is 457. The van der Waals surface area contributed by atoms with Gasteiger partial charge >= 0.3 is 0 Å². The number of hydrogen-bond acceptors (Lipinski definition) is 4. The molecular weight excluding hydrogens is 242 g/mol. The largest absolute Gasteiger partial charge is 0.301 e. The Morgan fingerprint density at radius 3 is 2.88 bits per heavy atom. The van der Waals surface area contributed by atoms with Crippen molar-refractivity contribution in [1.29, 1.82) is 5.26 Å². The van der Waals surface area contributed by atoms with Crippen LogP contribution in [0.4, 0.5) is 5.69 Å². The second-order valence-corrected chi connectivity index (χ2v) is 4.11. The number of nitriles is 1. The predicted molar refractivity (Wildman–Crippen MR) is 64.7 cm³/mol. The van der Waals surface area contributed by atoms with Crippen LogP contribution >= 0.6 is 11.6 Å². The summed E-state index contributed by atoms with van der Waals surface area (Å²) < 4.78 is 0. The van der Waals surface area contributed by atoms with E-state index in [9.17, 15) is 10.1 Å². The summed E-state index contributed by atoms with van der Waals surface area (Å²) in [6.45, 7) is 1.01. The van der Waals surface area contributed by atoms with Crippen molar-refractivity contribution in [2.75, 3.05) is 13.6 Å². The highest BCUT2D eigenvalue weighted by Crippen LogP contribution is 2.24. The van der Waals surface area contributed by atoms with E-state index in [1.165, 1.54) is 6.07 Å². The third-order valence-corrected chi connectivity index (χ3v) is 2.52. The summed E-state index contributed by atoms with van der Waals surface area (Å²) in [5.74, 6) is 0. The average molecular weight is 254 g/mol. The van der Waals surface area contributed by atoms with Crippen molar-refractivity contribution >= 4 is 17.3 Å². The molecule has 0 aliphatic rings. The Morgan fingerprint density at radius 1 is 1.59 bits per heavy atom. The molecule has 0 aliphatic carbocycles. The van der Waals surface area contributed by atoms with E-state index in [1.54, 1.807) is 12.1 Å². The highest BCUT2D eigenvalue weighted by atomic mass is 35.5. The molecule has 0 aromatic heterocycles. The second-order valence-electron chi connectivity index (χ2n) is 3.68. The zero-order chi connectivity index (χ0) is 12.8. The maximum Gasteiger partial charge on any atom is 0.275 e. The van der Waals surface area contributed by atoms with Gasteiger partial charge in [-0.2, -0.15) is 5.26 Å². The molecule has 0 fully saturated rings. The first-order valence-corrected chi connectivity index (χ1v) is 5.40. The predicted octanol–water partition coefficient (Wildman–Crippen LogP) is 2.59. The number of hydrogen-bond donors (Lipinski definition) is 0. The van der Waals surface area contributed by atoms with Gasteiger partial charge in [0.05, 0.1) is 11.0 Å². The average Bonchev–Trinajstić information content (AvgIpc) is 2.28. The molecule has 1 aromatic carbocycles. The van der Waals surface area contributed by atoms with Crippen LogP contribution in [0.1, 0.15) is 12.0 Å². The van der Waals surface area contributed by atoms with E-state index in [4.69, 9.17) is 16.9 Å². The van der Waals surface area contributed by atoms with Gasteiger partial charge < -0.3 is 4.90 Å². The summed E-state index contributed by atoms with van der Waals surface area (Å²) in [5, 5.41) is 19.7. The van der Waals surface area contributed by atoms with Gasteiger partial charge in [0.1, 0.15) is 0 Å². The lowest BCUT2D eigenvalue weighted by Crippen LogP contribution is -2.19. The van der Waals surface area contributed by atoms with Gasteiger partial charge in [0.2, 0.25) is 0 Å². The highest BCUT2D eigenvalue weighted by molar-refractivity contribution is 6.30. The maximum absolute atomic E-state index is 10.8. The lowest BCUT2D eigenvalue weighted by Gasteiger charge is -2.14. The van der Waals surface area contributed by atoms with Crippen molar-refractivity contribution in [2.45, 2.75) is 13.0 Å². The van der Waals surface area contributed by atoms with Crippen LogP contribution in [0, 0.1) is 21.4 Å². The third kappa shape index (κ3) is 4.02. The fourth-order valence-corrected chi connectivity index (χ4v) is 1.62. The summed E-state index contributed by atoms with van der Waals surface area (Å²) >= 11 is 5.72. The minimum Gasteiger partial charge on any atom is -0.301 e. The molecule has 0 heterocycles. The first-order chi connectivity index (χ1) is 8.04. The Kier molecular flexibility index (Phi) is 4.88. The van der Waals surface area contributed by atoms with Gasteiger partial charge in [0, 0.05) is 36.2 Å². The monoisotopic (exact) mass is 253 g/mol. The standard InChI is InChI=1S/C11H12ClN3O2/c1-14(6-2-5-13)8-9-3-4-10(12)7-11(9)15(16)17/h3-4,7H,2,6,8H2,1H3. The Labute approximate surface area is 104 Å². The molecule has 0 saturated heterocycles. The van der Waals surface area contributed by atoms with Gasteiger partial charge in [-0.25, -0.2) is 0 Å². The summed E-state index contributed by atoms with van der Waals surface area (Å²) in [6.07, 6.45) is 0.401. The molecule has 0 N–H and O–H groups in total. The molecule has 1 rings (SSSR count). The van der Waals surface area contributed by atoms with Crippen molar-refractivity contribution in [2.24, 2.45) is 0 Å². The SMILES string of the molecule is CN(CCC#N)Cc1ccc(Cl)cc1[N+](=O)[O-]. The molecule has 0 spiro atoms. The molecule has 17 heavy (non-hydrogen) atoms. The van der Waals surface area contributed by atoms with E-state index >= 15 is 0 Å². The van der Waals surface area contributed by atoms with Crippen molar-refractivity contribution in [3.8, 4) is 6.07 Å². The second kappa shape index (κ2) is 6.18. The van der Waals surface area contributed by atoms with Crippen molar-refractivity contribution < 1.29 is 4.92 Å². The summed E-state index contributed by atoms with van der Waals surface area (Å²) in [7, 11) is 1.82. The van der Waals surface area contributed by atoms with Crippen LogP contribution in [0.2, 0.25) is 5.02 Å². The van der Waals surface area contributed by atoms with E-state index in [0.29, 0.717) is 30.1 Å². The van der Waals surface area contributed by atoms with Gasteiger partial charge in [-0.05, 0) is 19.2 Å². The fourth-order valence-electron chi connectivity index (χ4n) is 1.45. The molecule has 0 radical (unpaired) electrons. The maximum atomic E-state index is 10.8. The fraction of sp³-hybridized carbons (Fsp3) is 0.364. The van der Waals surface area contributed by atoms with E-state index in [2.05, 4.69) is 0 Å². The third-order valence-electron chi connectivity index (χ3n) is 2.29. The lowest BCUT2D eigenvalue weighted by atomic mass is 10.1. The van der Waals surface area contributed by atoms with Crippen LogP contribution in [-0.4, -0.2) is 23.4 Å². The smallest absolute Gasteiger partial charge is 0.275 e. The van der Waals surface area contributed by atoms with Crippen molar-refractivity contribution in [3.63, 3.8) is 0 Å². The van der Waals surface area contributed by atoms with Crippen LogP contribution in [0.15, 0.2) is 18.2 Å². The van der Waals surface area contributed by atoms with E-state index in [1.807, 2.05) is 18.0 Å². The molecule has 6 heteroatoms. The number of halogens is 1. The molecule has 0 saturated carbocycles. The van der Waals surface area contributed by atoms with Crippen LogP contribution in [0.25, 0.3) is 0 Å². The molecule has 0 bridgehead atoms. The van der Waals surface area contributed by atoms with Gasteiger partial charge in [0.15, 0.2) is 0 Å². The summed E-state index contributed by atoms with van der Waals surface area (Å²) in [6, 6.07) is 6.65. The molecule has 5 nitrogen and oxygen atoms in total. The summed E-state index contributed by atoms with van der Waals surface area (Å²) in [4.78, 5) is 12.3. The number of nitrogens with zero attached hydrogens (tertiary/aromatic N) is 3. The molecule has 0 unspecified atom stereocenters. The first kappa shape index (κ1) is 13.4.